The molecule has 2 heteroatoms. The third-order valence-electron chi connectivity index (χ3n) is 4.07. The van der Waals surface area contributed by atoms with Crippen molar-refractivity contribution in [1.82, 2.24) is 5.32 Å². The number of nitrogens with one attached hydrogen (secondary N) is 1. The van der Waals surface area contributed by atoms with E-state index in [0.29, 0.717) is 0 Å². The Morgan fingerprint density at radius 1 is 1.26 bits per heavy atom. The van der Waals surface area contributed by atoms with Crippen molar-refractivity contribution in [3.63, 3.8) is 0 Å². The molecule has 3 rings (SSSR count). The van der Waals surface area contributed by atoms with Gasteiger partial charge in [0.05, 0.1) is 0 Å². The van der Waals surface area contributed by atoms with E-state index in [2.05, 4.69) is 30.4 Å². The molecule has 0 radical (unpaired) electrons. The minimum Gasteiger partial charge on any atom is -0.461 e. The van der Waals surface area contributed by atoms with Crippen molar-refractivity contribution in [3.8, 4) is 0 Å². The highest BCUT2D eigenvalue weighted by molar-refractivity contribution is 5.82. The first-order valence-electron chi connectivity index (χ1n) is 7.58. The Bertz CT molecular complexity index is 539. The molecule has 0 spiro atoms. The van der Waals surface area contributed by atoms with Gasteiger partial charge in [-0.15, -0.1) is 0 Å². The molecule has 1 fully saturated rings. The Kier molecular flexibility index (Phi) is 3.88. The summed E-state index contributed by atoms with van der Waals surface area (Å²) in [5.74, 6) is 2.18. The van der Waals surface area contributed by atoms with Crippen molar-refractivity contribution in [3.05, 3.63) is 35.6 Å². The number of furan rings is 1. The average molecular weight is 257 g/mol. The molecule has 1 N–H and O–H groups in total. The van der Waals surface area contributed by atoms with E-state index in [1.165, 1.54) is 36.6 Å². The van der Waals surface area contributed by atoms with Gasteiger partial charge in [0.15, 0.2) is 0 Å². The maximum Gasteiger partial charge on any atom is 0.134 e. The van der Waals surface area contributed by atoms with Crippen molar-refractivity contribution in [2.45, 2.75) is 45.6 Å². The molecule has 1 aliphatic carbocycles. The number of hydrogen-bond acceptors (Lipinski definition) is 2. The predicted molar refractivity (Wildman–Crippen MR) is 79.3 cm³/mol. The van der Waals surface area contributed by atoms with Crippen LogP contribution >= 0.6 is 0 Å². The Balaban J connectivity index is 1.61. The van der Waals surface area contributed by atoms with Crippen LogP contribution in [0.25, 0.3) is 11.0 Å². The van der Waals surface area contributed by atoms with Crippen LogP contribution in [0.15, 0.2) is 28.7 Å². The van der Waals surface area contributed by atoms with E-state index >= 15 is 0 Å². The zero-order chi connectivity index (χ0) is 13.1. The van der Waals surface area contributed by atoms with E-state index in [1.807, 2.05) is 6.07 Å². The molecule has 1 saturated carbocycles. The molecule has 0 atom stereocenters. The van der Waals surface area contributed by atoms with E-state index < -0.39 is 0 Å². The SMILES string of the molecule is CCc1oc2ccccc2c1CNCCCC1CC1. The summed E-state index contributed by atoms with van der Waals surface area (Å²) in [4.78, 5) is 0. The summed E-state index contributed by atoms with van der Waals surface area (Å²) in [7, 11) is 0. The summed E-state index contributed by atoms with van der Waals surface area (Å²) in [5, 5.41) is 4.85. The van der Waals surface area contributed by atoms with Crippen LogP contribution in [0, 0.1) is 5.92 Å². The van der Waals surface area contributed by atoms with Gasteiger partial charge in [0.25, 0.3) is 0 Å². The lowest BCUT2D eigenvalue weighted by Crippen LogP contribution is -2.15. The predicted octanol–water partition coefficient (Wildman–Crippen LogP) is 4.28. The fraction of sp³-hybridized carbons (Fsp3) is 0.529. The first-order chi connectivity index (χ1) is 9.38. The highest BCUT2D eigenvalue weighted by Crippen LogP contribution is 2.33. The number of fused-ring (bicyclic) bond motifs is 1. The molecule has 2 aromatic rings. The van der Waals surface area contributed by atoms with Gasteiger partial charge in [-0.1, -0.05) is 38.0 Å². The Hall–Kier alpha value is -1.28. The van der Waals surface area contributed by atoms with Gasteiger partial charge in [0, 0.05) is 23.9 Å². The first-order valence-corrected chi connectivity index (χ1v) is 7.58. The monoisotopic (exact) mass is 257 g/mol. The Morgan fingerprint density at radius 2 is 2.11 bits per heavy atom. The van der Waals surface area contributed by atoms with E-state index in [9.17, 15) is 0 Å². The van der Waals surface area contributed by atoms with Crippen molar-refractivity contribution < 1.29 is 4.42 Å². The molecule has 1 heterocycles. The quantitative estimate of drug-likeness (QED) is 0.749. The molecule has 19 heavy (non-hydrogen) atoms. The second-order valence-electron chi connectivity index (χ2n) is 5.62. The van der Waals surface area contributed by atoms with Gasteiger partial charge < -0.3 is 9.73 Å². The van der Waals surface area contributed by atoms with Crippen LogP contribution in [0.1, 0.15) is 43.9 Å². The topological polar surface area (TPSA) is 25.2 Å². The standard InChI is InChI=1S/C17H23NO/c1-2-16-15(12-18-11-5-6-13-9-10-13)14-7-3-4-8-17(14)19-16/h3-4,7-8,13,18H,2,5-6,9-12H2,1H3. The molecular weight excluding hydrogens is 234 g/mol. The zero-order valence-corrected chi connectivity index (χ0v) is 11.7. The number of aryl methyl sites for hydroxylation is 1. The Morgan fingerprint density at radius 3 is 2.89 bits per heavy atom. The van der Waals surface area contributed by atoms with Crippen molar-refractivity contribution in [1.29, 1.82) is 0 Å². The molecule has 1 aliphatic rings. The maximum atomic E-state index is 5.91. The van der Waals surface area contributed by atoms with Crippen LogP contribution in [0.2, 0.25) is 0 Å². The lowest BCUT2D eigenvalue weighted by molar-refractivity contribution is 0.539. The molecular formula is C17H23NO. The van der Waals surface area contributed by atoms with E-state index in [4.69, 9.17) is 4.42 Å². The van der Waals surface area contributed by atoms with Gasteiger partial charge in [-0.05, 0) is 31.4 Å². The molecule has 2 nitrogen and oxygen atoms in total. The number of benzene rings is 1. The summed E-state index contributed by atoms with van der Waals surface area (Å²) in [6.07, 6.45) is 6.61. The van der Waals surface area contributed by atoms with Crippen LogP contribution in [-0.2, 0) is 13.0 Å². The van der Waals surface area contributed by atoms with Crippen LogP contribution in [0.3, 0.4) is 0 Å². The molecule has 102 valence electrons. The van der Waals surface area contributed by atoms with Gasteiger partial charge in [0.2, 0.25) is 0 Å². The maximum absolute atomic E-state index is 5.91. The highest BCUT2D eigenvalue weighted by atomic mass is 16.3. The summed E-state index contributed by atoms with van der Waals surface area (Å²) >= 11 is 0. The molecule has 0 saturated heterocycles. The summed E-state index contributed by atoms with van der Waals surface area (Å²) in [5.41, 5.74) is 2.37. The normalized spacial score (nSPS) is 15.2. The van der Waals surface area contributed by atoms with Crippen LogP contribution < -0.4 is 5.32 Å². The van der Waals surface area contributed by atoms with Gasteiger partial charge >= 0.3 is 0 Å². The van der Waals surface area contributed by atoms with Crippen molar-refractivity contribution in [2.75, 3.05) is 6.54 Å². The second-order valence-corrected chi connectivity index (χ2v) is 5.62. The fourth-order valence-electron chi connectivity index (χ4n) is 2.76. The molecule has 1 aromatic heterocycles. The lowest BCUT2D eigenvalue weighted by atomic mass is 10.1. The number of para-hydroxylation sites is 1. The van der Waals surface area contributed by atoms with Crippen LogP contribution in [0.5, 0.6) is 0 Å². The third-order valence-corrected chi connectivity index (χ3v) is 4.07. The average Bonchev–Trinajstić information content (AvgIpc) is 3.19. The van der Waals surface area contributed by atoms with Crippen molar-refractivity contribution >= 4 is 11.0 Å². The minimum absolute atomic E-state index is 0.935. The number of rotatable bonds is 7. The van der Waals surface area contributed by atoms with Gasteiger partial charge in [0.1, 0.15) is 11.3 Å². The Labute approximate surface area is 115 Å². The third kappa shape index (κ3) is 3.01. The summed E-state index contributed by atoms with van der Waals surface area (Å²) in [6.45, 7) is 4.22. The van der Waals surface area contributed by atoms with Crippen LogP contribution in [0.4, 0.5) is 0 Å². The smallest absolute Gasteiger partial charge is 0.134 e. The summed E-state index contributed by atoms with van der Waals surface area (Å²) < 4.78 is 5.91. The molecule has 0 bridgehead atoms. The van der Waals surface area contributed by atoms with Crippen molar-refractivity contribution in [2.24, 2.45) is 5.92 Å². The second kappa shape index (κ2) is 5.79. The minimum atomic E-state index is 0.935. The first kappa shape index (κ1) is 12.7. The fourth-order valence-corrected chi connectivity index (χ4v) is 2.76. The van der Waals surface area contributed by atoms with E-state index in [1.54, 1.807) is 0 Å². The molecule has 0 amide bonds. The lowest BCUT2D eigenvalue weighted by Gasteiger charge is -2.05. The summed E-state index contributed by atoms with van der Waals surface area (Å²) in [6, 6.07) is 8.36. The molecule has 0 aliphatic heterocycles. The molecule has 1 aromatic carbocycles. The van der Waals surface area contributed by atoms with Crippen LogP contribution in [-0.4, -0.2) is 6.54 Å². The zero-order valence-electron chi connectivity index (χ0n) is 11.7. The van der Waals surface area contributed by atoms with E-state index in [0.717, 1.165) is 36.8 Å². The number of hydrogen-bond donors (Lipinski definition) is 1. The molecule has 0 unspecified atom stereocenters. The van der Waals surface area contributed by atoms with Gasteiger partial charge in [-0.25, -0.2) is 0 Å². The van der Waals surface area contributed by atoms with Gasteiger partial charge in [-0.2, -0.15) is 0 Å². The largest absolute Gasteiger partial charge is 0.461 e. The van der Waals surface area contributed by atoms with Gasteiger partial charge in [-0.3, -0.25) is 0 Å². The highest BCUT2D eigenvalue weighted by Gasteiger charge is 2.20. The van der Waals surface area contributed by atoms with E-state index in [-0.39, 0.29) is 0 Å².